The lowest BCUT2D eigenvalue weighted by Gasteiger charge is -2.33. The summed E-state index contributed by atoms with van der Waals surface area (Å²) in [6.45, 7) is 11.1. The number of amides is 1. The van der Waals surface area contributed by atoms with Crippen LogP contribution in [-0.4, -0.2) is 33.8 Å². The fraction of sp³-hybridized carbons (Fsp3) is 0.419. The standard InChI is InChI=1S/C31H35N3O3/c1-18-7-6-8-24-25-15-21(30(35)32-22-11-13-23(14-12-22)37-31(3,4)5)16-26-27(25)34(19(2)17-36-28(18)24)29(33-26)20-9-10-20/h6-8,11-16,18-20,28H,9-10,17H2,1-5H3,(H,32,35)/t18?,19-,28?/m1/s1. The number of hydrogen-bond donors (Lipinski definition) is 1. The summed E-state index contributed by atoms with van der Waals surface area (Å²) in [4.78, 5) is 18.6. The molecule has 0 bridgehead atoms. The van der Waals surface area contributed by atoms with E-state index in [1.165, 1.54) is 12.8 Å². The first-order valence-electron chi connectivity index (χ1n) is 13.3. The highest BCUT2D eigenvalue weighted by molar-refractivity contribution is 6.08. The molecule has 0 radical (unpaired) electrons. The molecule has 1 aromatic heterocycles. The van der Waals surface area contributed by atoms with Gasteiger partial charge < -0.3 is 19.4 Å². The Morgan fingerprint density at radius 1 is 1.14 bits per heavy atom. The molecule has 6 heteroatoms. The SMILES string of the molecule is CC1C=CC=C2c3cc(C(=O)Nc4ccc(OC(C)(C)C)cc4)cc4nc(C5CC5)n(c34)[C@H](C)COC21. The lowest BCUT2D eigenvalue weighted by Crippen LogP contribution is -2.30. The van der Waals surface area contributed by atoms with E-state index in [1.807, 2.05) is 57.2 Å². The Labute approximate surface area is 218 Å². The molecule has 2 aromatic carbocycles. The Morgan fingerprint density at radius 2 is 1.89 bits per heavy atom. The normalized spacial score (nSPS) is 23.2. The summed E-state index contributed by atoms with van der Waals surface area (Å²) in [6, 6.07) is 11.7. The van der Waals surface area contributed by atoms with E-state index in [0.717, 1.165) is 39.4 Å². The van der Waals surface area contributed by atoms with Crippen molar-refractivity contribution in [2.75, 3.05) is 11.9 Å². The molecule has 192 valence electrons. The molecule has 6 nitrogen and oxygen atoms in total. The number of nitrogens with one attached hydrogen (secondary N) is 1. The highest BCUT2D eigenvalue weighted by Crippen LogP contribution is 2.45. The van der Waals surface area contributed by atoms with Crippen molar-refractivity contribution in [1.82, 2.24) is 9.55 Å². The van der Waals surface area contributed by atoms with Crippen LogP contribution in [-0.2, 0) is 4.74 Å². The van der Waals surface area contributed by atoms with Crippen molar-refractivity contribution in [3.05, 3.63) is 71.6 Å². The zero-order valence-corrected chi connectivity index (χ0v) is 22.2. The number of aromatic nitrogens is 2. The third kappa shape index (κ3) is 4.59. The first-order valence-corrected chi connectivity index (χ1v) is 13.3. The fourth-order valence-electron chi connectivity index (χ4n) is 5.45. The van der Waals surface area contributed by atoms with Gasteiger partial charge in [-0.15, -0.1) is 0 Å². The molecule has 3 aliphatic rings. The average Bonchev–Trinajstić information content (AvgIpc) is 3.61. The summed E-state index contributed by atoms with van der Waals surface area (Å²) < 4.78 is 14.8. The number of carbonyl (C=O) groups excluding carboxylic acids is 1. The number of benzene rings is 2. The maximum Gasteiger partial charge on any atom is 0.255 e. The van der Waals surface area contributed by atoms with Crippen LogP contribution in [0.15, 0.2) is 54.6 Å². The third-order valence-electron chi connectivity index (χ3n) is 7.30. The van der Waals surface area contributed by atoms with Gasteiger partial charge in [-0.1, -0.05) is 25.2 Å². The summed E-state index contributed by atoms with van der Waals surface area (Å²) in [6.07, 6.45) is 8.72. The van der Waals surface area contributed by atoms with E-state index in [2.05, 4.69) is 42.0 Å². The smallest absolute Gasteiger partial charge is 0.255 e. The van der Waals surface area contributed by atoms with Crippen molar-refractivity contribution in [2.45, 2.75) is 71.1 Å². The van der Waals surface area contributed by atoms with Gasteiger partial charge in [-0.25, -0.2) is 4.98 Å². The first kappa shape index (κ1) is 24.0. The minimum atomic E-state index is -0.276. The highest BCUT2D eigenvalue weighted by Gasteiger charge is 2.36. The molecule has 3 aromatic rings. The van der Waals surface area contributed by atoms with E-state index in [1.54, 1.807) is 0 Å². The van der Waals surface area contributed by atoms with Crippen LogP contribution in [0.5, 0.6) is 5.75 Å². The van der Waals surface area contributed by atoms with Crippen LogP contribution in [0.3, 0.4) is 0 Å². The molecular formula is C31H35N3O3. The number of hydrogen-bond acceptors (Lipinski definition) is 4. The Kier molecular flexibility index (Phi) is 5.75. The lowest BCUT2D eigenvalue weighted by atomic mass is 9.86. The summed E-state index contributed by atoms with van der Waals surface area (Å²) >= 11 is 0. The predicted octanol–water partition coefficient (Wildman–Crippen LogP) is 6.89. The number of rotatable bonds is 4. The Balaban J connectivity index is 1.41. The lowest BCUT2D eigenvalue weighted by molar-refractivity contribution is 0.0480. The van der Waals surface area contributed by atoms with E-state index in [9.17, 15) is 4.79 Å². The van der Waals surface area contributed by atoms with Crippen molar-refractivity contribution in [3.63, 3.8) is 0 Å². The first-order chi connectivity index (χ1) is 17.7. The van der Waals surface area contributed by atoms with Crippen molar-refractivity contribution in [2.24, 2.45) is 5.92 Å². The molecule has 2 unspecified atom stereocenters. The Bertz CT molecular complexity index is 1420. The fourth-order valence-corrected chi connectivity index (χ4v) is 5.45. The van der Waals surface area contributed by atoms with Crippen LogP contribution in [0, 0.1) is 5.92 Å². The van der Waals surface area contributed by atoms with E-state index in [0.29, 0.717) is 18.1 Å². The van der Waals surface area contributed by atoms with E-state index < -0.39 is 0 Å². The Hall–Kier alpha value is -3.38. The molecule has 1 aliphatic heterocycles. The number of allylic oxidation sites excluding steroid dienone is 2. The quantitative estimate of drug-likeness (QED) is 0.426. The number of anilines is 1. The van der Waals surface area contributed by atoms with Crippen molar-refractivity contribution in [3.8, 4) is 5.75 Å². The molecule has 1 amide bonds. The van der Waals surface area contributed by atoms with Gasteiger partial charge in [0.2, 0.25) is 0 Å². The molecule has 6 rings (SSSR count). The zero-order valence-electron chi connectivity index (χ0n) is 22.2. The van der Waals surface area contributed by atoms with Crippen LogP contribution in [0.4, 0.5) is 5.69 Å². The predicted molar refractivity (Wildman–Crippen MR) is 147 cm³/mol. The van der Waals surface area contributed by atoms with Gasteiger partial charge in [0.1, 0.15) is 17.2 Å². The Morgan fingerprint density at radius 3 is 2.59 bits per heavy atom. The summed E-state index contributed by atoms with van der Waals surface area (Å²) in [5.74, 6) is 2.48. The molecule has 0 saturated heterocycles. The largest absolute Gasteiger partial charge is 0.488 e. The third-order valence-corrected chi connectivity index (χ3v) is 7.30. The number of fused-ring (bicyclic) bond motifs is 2. The molecule has 1 saturated carbocycles. The van der Waals surface area contributed by atoms with Gasteiger partial charge >= 0.3 is 0 Å². The second-order valence-electron chi connectivity index (χ2n) is 11.7. The van der Waals surface area contributed by atoms with Gasteiger partial charge in [0, 0.05) is 28.7 Å². The van der Waals surface area contributed by atoms with Gasteiger partial charge in [-0.05, 0) is 82.5 Å². The van der Waals surface area contributed by atoms with E-state index in [-0.39, 0.29) is 29.6 Å². The molecule has 1 fully saturated rings. The van der Waals surface area contributed by atoms with Gasteiger partial charge in [0.25, 0.3) is 5.91 Å². The summed E-state index contributed by atoms with van der Waals surface area (Å²) in [7, 11) is 0. The number of nitrogens with zero attached hydrogens (tertiary/aromatic N) is 2. The second-order valence-corrected chi connectivity index (χ2v) is 11.7. The van der Waals surface area contributed by atoms with Crippen molar-refractivity contribution < 1.29 is 14.3 Å². The summed E-state index contributed by atoms with van der Waals surface area (Å²) in [5.41, 5.74) is 5.21. The van der Waals surface area contributed by atoms with E-state index in [4.69, 9.17) is 14.5 Å². The molecule has 1 N–H and O–H groups in total. The molecule has 2 aliphatic carbocycles. The van der Waals surface area contributed by atoms with Crippen molar-refractivity contribution in [1.29, 1.82) is 0 Å². The maximum absolute atomic E-state index is 13.5. The second kappa shape index (κ2) is 8.88. The summed E-state index contributed by atoms with van der Waals surface area (Å²) in [5, 5.41) is 3.06. The molecule has 3 atom stereocenters. The van der Waals surface area contributed by atoms with Crippen LogP contribution in [0.25, 0.3) is 16.6 Å². The average molecular weight is 498 g/mol. The maximum atomic E-state index is 13.5. The van der Waals surface area contributed by atoms with E-state index >= 15 is 0 Å². The van der Waals surface area contributed by atoms with Gasteiger partial charge in [-0.2, -0.15) is 0 Å². The number of ether oxygens (including phenoxy) is 2. The number of imidazole rings is 1. The van der Waals surface area contributed by atoms with Crippen LogP contribution in [0.2, 0.25) is 0 Å². The van der Waals surface area contributed by atoms with Gasteiger partial charge in [0.15, 0.2) is 0 Å². The monoisotopic (exact) mass is 497 g/mol. The van der Waals surface area contributed by atoms with Crippen LogP contribution in [0.1, 0.15) is 81.2 Å². The van der Waals surface area contributed by atoms with Crippen LogP contribution < -0.4 is 10.1 Å². The van der Waals surface area contributed by atoms with Crippen LogP contribution >= 0.6 is 0 Å². The molecule has 0 spiro atoms. The topological polar surface area (TPSA) is 65.4 Å². The van der Waals surface area contributed by atoms with Gasteiger partial charge in [0.05, 0.1) is 29.8 Å². The molecule has 2 heterocycles. The zero-order chi connectivity index (χ0) is 25.9. The highest BCUT2D eigenvalue weighted by atomic mass is 16.5. The van der Waals surface area contributed by atoms with Gasteiger partial charge in [-0.3, -0.25) is 4.79 Å². The molecule has 37 heavy (non-hydrogen) atoms. The number of carbonyl (C=O) groups is 1. The minimum absolute atomic E-state index is 0.0441. The molecular weight excluding hydrogens is 462 g/mol. The minimum Gasteiger partial charge on any atom is -0.488 e. The van der Waals surface area contributed by atoms with Crippen molar-refractivity contribution >= 4 is 28.2 Å².